The number of aryl methyl sites for hydroxylation is 1. The van der Waals surface area contributed by atoms with Gasteiger partial charge in [0.2, 0.25) is 0 Å². The summed E-state index contributed by atoms with van der Waals surface area (Å²) in [5.41, 5.74) is 1.96. The van der Waals surface area contributed by atoms with Gasteiger partial charge in [-0.25, -0.2) is 0 Å². The molecule has 0 spiro atoms. The largest absolute Gasteiger partial charge is 0.379 e. The summed E-state index contributed by atoms with van der Waals surface area (Å²) in [6.45, 7) is 6.72. The van der Waals surface area contributed by atoms with Gasteiger partial charge in [-0.15, -0.1) is 0 Å². The summed E-state index contributed by atoms with van der Waals surface area (Å²) in [4.78, 5) is 17.6. The van der Waals surface area contributed by atoms with E-state index in [1.807, 2.05) is 40.9 Å². The van der Waals surface area contributed by atoms with Crippen molar-refractivity contribution in [2.75, 3.05) is 45.9 Å². The average Bonchev–Trinajstić information content (AvgIpc) is 3.00. The number of piperidine rings is 1. The van der Waals surface area contributed by atoms with Crippen molar-refractivity contribution >= 4 is 16.8 Å². The molecule has 2 saturated heterocycles. The van der Waals surface area contributed by atoms with Crippen LogP contribution < -0.4 is 0 Å². The maximum atomic E-state index is 13.0. The van der Waals surface area contributed by atoms with Crippen LogP contribution in [0.5, 0.6) is 0 Å². The molecular formula is C20H27N3O2. The number of para-hydroxylation sites is 1. The Morgan fingerprint density at radius 3 is 2.60 bits per heavy atom. The fourth-order valence-corrected chi connectivity index (χ4v) is 4.15. The van der Waals surface area contributed by atoms with E-state index < -0.39 is 0 Å². The van der Waals surface area contributed by atoms with Crippen LogP contribution in [0.2, 0.25) is 0 Å². The highest BCUT2D eigenvalue weighted by Gasteiger charge is 2.27. The van der Waals surface area contributed by atoms with Gasteiger partial charge < -0.3 is 14.2 Å². The van der Waals surface area contributed by atoms with Crippen LogP contribution in [0.3, 0.4) is 0 Å². The molecule has 2 fully saturated rings. The molecule has 0 unspecified atom stereocenters. The quantitative estimate of drug-likeness (QED) is 0.860. The Morgan fingerprint density at radius 1 is 1.12 bits per heavy atom. The monoisotopic (exact) mass is 341 g/mol. The highest BCUT2D eigenvalue weighted by atomic mass is 16.5. The third-order valence-electron chi connectivity index (χ3n) is 5.65. The number of ether oxygens (including phenoxy) is 1. The van der Waals surface area contributed by atoms with Crippen molar-refractivity contribution in [1.82, 2.24) is 14.4 Å². The number of morpholine rings is 1. The van der Waals surface area contributed by atoms with Gasteiger partial charge in [0.05, 0.1) is 18.8 Å². The van der Waals surface area contributed by atoms with E-state index in [9.17, 15) is 4.79 Å². The molecule has 0 atom stereocenters. The van der Waals surface area contributed by atoms with Gasteiger partial charge in [0, 0.05) is 56.9 Å². The van der Waals surface area contributed by atoms with Crippen LogP contribution in [0, 0.1) is 5.92 Å². The van der Waals surface area contributed by atoms with Gasteiger partial charge in [0.1, 0.15) is 0 Å². The molecule has 1 amide bonds. The molecule has 0 radical (unpaired) electrons. The Morgan fingerprint density at radius 2 is 1.84 bits per heavy atom. The SMILES string of the molecule is Cn1cc(C(=O)N2CCC(CN3CCOCC3)CC2)c2ccccc21. The number of benzene rings is 1. The number of aromatic nitrogens is 1. The Kier molecular flexibility index (Phi) is 4.77. The molecular weight excluding hydrogens is 314 g/mol. The minimum Gasteiger partial charge on any atom is -0.379 e. The molecule has 1 aromatic carbocycles. The summed E-state index contributed by atoms with van der Waals surface area (Å²) in [5.74, 6) is 0.885. The van der Waals surface area contributed by atoms with E-state index >= 15 is 0 Å². The van der Waals surface area contributed by atoms with Gasteiger partial charge in [0.25, 0.3) is 5.91 Å². The van der Waals surface area contributed by atoms with E-state index in [2.05, 4.69) is 11.0 Å². The predicted molar refractivity (Wildman–Crippen MR) is 98.8 cm³/mol. The number of carbonyl (C=O) groups is 1. The maximum Gasteiger partial charge on any atom is 0.256 e. The maximum absolute atomic E-state index is 13.0. The minimum absolute atomic E-state index is 0.182. The van der Waals surface area contributed by atoms with Gasteiger partial charge >= 0.3 is 0 Å². The minimum atomic E-state index is 0.182. The van der Waals surface area contributed by atoms with Crippen molar-refractivity contribution < 1.29 is 9.53 Å². The van der Waals surface area contributed by atoms with Crippen LogP contribution in [0.1, 0.15) is 23.2 Å². The standard InChI is InChI=1S/C20H27N3O2/c1-21-15-18(17-4-2-3-5-19(17)21)20(24)23-8-6-16(7-9-23)14-22-10-12-25-13-11-22/h2-5,15-16H,6-14H2,1H3. The molecule has 4 rings (SSSR count). The highest BCUT2D eigenvalue weighted by Crippen LogP contribution is 2.25. The third kappa shape index (κ3) is 3.44. The van der Waals surface area contributed by atoms with E-state index in [-0.39, 0.29) is 5.91 Å². The fourth-order valence-electron chi connectivity index (χ4n) is 4.15. The Balaban J connectivity index is 1.39. The smallest absolute Gasteiger partial charge is 0.256 e. The molecule has 25 heavy (non-hydrogen) atoms. The number of hydrogen-bond acceptors (Lipinski definition) is 3. The van der Waals surface area contributed by atoms with E-state index in [4.69, 9.17) is 4.74 Å². The van der Waals surface area contributed by atoms with Crippen molar-refractivity contribution in [1.29, 1.82) is 0 Å². The molecule has 0 N–H and O–H groups in total. The van der Waals surface area contributed by atoms with Crippen molar-refractivity contribution in [3.8, 4) is 0 Å². The summed E-state index contributed by atoms with van der Waals surface area (Å²) in [5, 5.41) is 1.06. The first-order chi connectivity index (χ1) is 12.2. The molecule has 2 aliphatic heterocycles. The third-order valence-corrected chi connectivity index (χ3v) is 5.65. The lowest BCUT2D eigenvalue weighted by molar-refractivity contribution is 0.0243. The normalized spacial score (nSPS) is 20.3. The van der Waals surface area contributed by atoms with Crippen LogP contribution >= 0.6 is 0 Å². The van der Waals surface area contributed by atoms with E-state index in [0.29, 0.717) is 5.92 Å². The van der Waals surface area contributed by atoms with Crippen molar-refractivity contribution in [3.63, 3.8) is 0 Å². The van der Waals surface area contributed by atoms with Gasteiger partial charge in [-0.3, -0.25) is 9.69 Å². The number of likely N-dealkylation sites (tertiary alicyclic amines) is 1. The predicted octanol–water partition coefficient (Wildman–Crippen LogP) is 2.36. The van der Waals surface area contributed by atoms with Gasteiger partial charge in [-0.2, -0.15) is 0 Å². The fraction of sp³-hybridized carbons (Fsp3) is 0.550. The number of fused-ring (bicyclic) bond motifs is 1. The summed E-state index contributed by atoms with van der Waals surface area (Å²) in [6.07, 6.45) is 4.19. The van der Waals surface area contributed by atoms with Gasteiger partial charge in [0.15, 0.2) is 0 Å². The van der Waals surface area contributed by atoms with Gasteiger partial charge in [-0.1, -0.05) is 18.2 Å². The zero-order chi connectivity index (χ0) is 17.2. The number of amides is 1. The zero-order valence-electron chi connectivity index (χ0n) is 15.0. The molecule has 0 aliphatic carbocycles. The molecule has 2 aromatic rings. The van der Waals surface area contributed by atoms with Gasteiger partial charge in [-0.05, 0) is 24.8 Å². The van der Waals surface area contributed by atoms with E-state index in [0.717, 1.165) is 75.2 Å². The summed E-state index contributed by atoms with van der Waals surface area (Å²) in [7, 11) is 2.01. The zero-order valence-corrected chi connectivity index (χ0v) is 15.0. The lowest BCUT2D eigenvalue weighted by atomic mass is 9.95. The molecule has 1 aromatic heterocycles. The molecule has 0 saturated carbocycles. The lowest BCUT2D eigenvalue weighted by Gasteiger charge is -2.36. The van der Waals surface area contributed by atoms with Crippen LogP contribution in [-0.4, -0.2) is 66.2 Å². The van der Waals surface area contributed by atoms with Crippen LogP contribution in [0.15, 0.2) is 30.5 Å². The Bertz CT molecular complexity index is 740. The highest BCUT2D eigenvalue weighted by molar-refractivity contribution is 6.07. The molecule has 2 aliphatic rings. The van der Waals surface area contributed by atoms with Crippen LogP contribution in [0.4, 0.5) is 0 Å². The average molecular weight is 341 g/mol. The second kappa shape index (κ2) is 7.18. The second-order valence-corrected chi connectivity index (χ2v) is 7.32. The molecule has 3 heterocycles. The number of hydrogen-bond donors (Lipinski definition) is 0. The first kappa shape index (κ1) is 16.6. The first-order valence-electron chi connectivity index (χ1n) is 9.36. The van der Waals surface area contributed by atoms with E-state index in [1.165, 1.54) is 0 Å². The molecule has 5 nitrogen and oxygen atoms in total. The number of nitrogens with zero attached hydrogens (tertiary/aromatic N) is 3. The summed E-state index contributed by atoms with van der Waals surface area (Å²) < 4.78 is 7.48. The molecule has 0 bridgehead atoms. The number of rotatable bonds is 3. The van der Waals surface area contributed by atoms with E-state index in [1.54, 1.807) is 0 Å². The van der Waals surface area contributed by atoms with Crippen molar-refractivity contribution in [2.45, 2.75) is 12.8 Å². The van der Waals surface area contributed by atoms with Crippen molar-refractivity contribution in [2.24, 2.45) is 13.0 Å². The topological polar surface area (TPSA) is 37.7 Å². The van der Waals surface area contributed by atoms with Crippen LogP contribution in [-0.2, 0) is 11.8 Å². The summed E-state index contributed by atoms with van der Waals surface area (Å²) >= 11 is 0. The molecule has 134 valence electrons. The lowest BCUT2D eigenvalue weighted by Crippen LogP contribution is -2.44. The van der Waals surface area contributed by atoms with Crippen LogP contribution in [0.25, 0.3) is 10.9 Å². The molecule has 5 heteroatoms. The summed E-state index contributed by atoms with van der Waals surface area (Å²) in [6, 6.07) is 8.15. The second-order valence-electron chi connectivity index (χ2n) is 7.32. The number of carbonyl (C=O) groups excluding carboxylic acids is 1. The van der Waals surface area contributed by atoms with Crippen molar-refractivity contribution in [3.05, 3.63) is 36.0 Å². The Hall–Kier alpha value is -1.85. The Labute approximate surface area is 149 Å². The first-order valence-corrected chi connectivity index (χ1v) is 9.36.